The maximum absolute atomic E-state index is 9.26. The maximum Gasteiger partial charge on any atom is 0.240 e. The lowest BCUT2D eigenvalue weighted by Gasteiger charge is -2.12. The van der Waals surface area contributed by atoms with Gasteiger partial charge in [0.1, 0.15) is 23.7 Å². The topological polar surface area (TPSA) is 74.6 Å². The summed E-state index contributed by atoms with van der Waals surface area (Å²) in [6.45, 7) is 7.83. The summed E-state index contributed by atoms with van der Waals surface area (Å²) in [5.41, 5.74) is 5.30. The van der Waals surface area contributed by atoms with Gasteiger partial charge >= 0.3 is 0 Å². The number of H-pyrrole nitrogens is 1. The Morgan fingerprint density at radius 2 is 1.91 bits per heavy atom. The third-order valence-corrected chi connectivity index (χ3v) is 3.79. The molecule has 3 rings (SSSR count). The highest BCUT2D eigenvalue weighted by Gasteiger charge is 2.15. The van der Waals surface area contributed by atoms with E-state index in [0.29, 0.717) is 22.9 Å². The third kappa shape index (κ3) is 2.19. The summed E-state index contributed by atoms with van der Waals surface area (Å²) in [7, 11) is 0. The number of hydrogen-bond donors (Lipinski definition) is 1. The van der Waals surface area contributed by atoms with E-state index in [9.17, 15) is 5.26 Å². The van der Waals surface area contributed by atoms with Crippen molar-refractivity contribution < 1.29 is 4.74 Å². The predicted octanol–water partition coefficient (Wildman–Crippen LogP) is 3.86. The Labute approximate surface area is 128 Å². The van der Waals surface area contributed by atoms with Gasteiger partial charge in [0.25, 0.3) is 0 Å². The minimum Gasteiger partial charge on any atom is -0.437 e. The molecule has 0 aliphatic carbocycles. The number of rotatable bonds is 2. The second-order valence-electron chi connectivity index (χ2n) is 5.41. The van der Waals surface area contributed by atoms with Crippen LogP contribution in [0.1, 0.15) is 28.1 Å². The van der Waals surface area contributed by atoms with Gasteiger partial charge < -0.3 is 9.72 Å². The summed E-state index contributed by atoms with van der Waals surface area (Å²) in [5, 5.41) is 10.4. The minimum absolute atomic E-state index is 0.295. The Hall–Kier alpha value is -2.87. The fourth-order valence-electron chi connectivity index (χ4n) is 2.57. The van der Waals surface area contributed by atoms with E-state index in [-0.39, 0.29) is 0 Å². The first-order valence-corrected chi connectivity index (χ1v) is 7.00. The van der Waals surface area contributed by atoms with Gasteiger partial charge in [0.15, 0.2) is 0 Å². The van der Waals surface area contributed by atoms with Crippen molar-refractivity contribution in [1.29, 1.82) is 5.26 Å². The number of nitriles is 1. The molecule has 0 radical (unpaired) electrons. The highest BCUT2D eigenvalue weighted by atomic mass is 16.5. The Bertz CT molecular complexity index is 919. The molecule has 2 heterocycles. The Morgan fingerprint density at radius 1 is 1.14 bits per heavy atom. The quantitative estimate of drug-likeness (QED) is 0.778. The molecule has 110 valence electrons. The normalized spacial score (nSPS) is 10.7. The van der Waals surface area contributed by atoms with Crippen molar-refractivity contribution in [3.05, 3.63) is 46.5 Å². The van der Waals surface area contributed by atoms with Gasteiger partial charge in [-0.05, 0) is 45.4 Å². The van der Waals surface area contributed by atoms with Crippen LogP contribution >= 0.6 is 0 Å². The molecule has 0 spiro atoms. The summed E-state index contributed by atoms with van der Waals surface area (Å²) >= 11 is 0. The molecule has 0 aliphatic heterocycles. The number of ether oxygens (including phenoxy) is 1. The van der Waals surface area contributed by atoms with Crippen LogP contribution in [0.4, 0.5) is 0 Å². The average molecular weight is 292 g/mol. The number of fused-ring (bicyclic) bond motifs is 1. The minimum atomic E-state index is 0.295. The molecule has 0 fully saturated rings. The van der Waals surface area contributed by atoms with E-state index in [1.165, 1.54) is 6.33 Å². The van der Waals surface area contributed by atoms with Crippen molar-refractivity contribution in [1.82, 2.24) is 15.0 Å². The Morgan fingerprint density at radius 3 is 2.64 bits per heavy atom. The lowest BCUT2D eigenvalue weighted by atomic mass is 10.1. The van der Waals surface area contributed by atoms with Crippen LogP contribution < -0.4 is 4.74 Å². The molecule has 0 atom stereocenters. The Balaban J connectivity index is 2.14. The van der Waals surface area contributed by atoms with Crippen molar-refractivity contribution in [3.8, 4) is 17.7 Å². The molecule has 0 bridgehead atoms. The SMILES string of the molecule is Cc1cc2c(C)c(Oc3ncnc(C)c3C#N)cc(C)c2[nH]1. The van der Waals surface area contributed by atoms with Gasteiger partial charge in [0.2, 0.25) is 5.88 Å². The number of aromatic amines is 1. The number of hydrogen-bond acceptors (Lipinski definition) is 4. The molecule has 1 aromatic carbocycles. The molecule has 22 heavy (non-hydrogen) atoms. The maximum atomic E-state index is 9.26. The highest BCUT2D eigenvalue weighted by Crippen LogP contribution is 2.34. The zero-order chi connectivity index (χ0) is 15.9. The summed E-state index contributed by atoms with van der Waals surface area (Å²) < 4.78 is 5.92. The molecule has 0 saturated heterocycles. The lowest BCUT2D eigenvalue weighted by Crippen LogP contribution is -1.98. The van der Waals surface area contributed by atoms with E-state index in [1.807, 2.05) is 26.8 Å². The van der Waals surface area contributed by atoms with E-state index in [4.69, 9.17) is 4.74 Å². The number of nitrogens with zero attached hydrogens (tertiary/aromatic N) is 3. The molecule has 0 aliphatic rings. The van der Waals surface area contributed by atoms with Gasteiger partial charge in [-0.15, -0.1) is 0 Å². The standard InChI is InChI=1S/C17H16N4O/c1-9-5-15(11(3)13-6-10(2)21-16(9)13)22-17-14(7-18)12(4)19-8-20-17/h5-6,8,21H,1-4H3. The summed E-state index contributed by atoms with van der Waals surface area (Å²) in [4.78, 5) is 11.5. The second kappa shape index (κ2) is 5.15. The molecule has 0 unspecified atom stereocenters. The molecule has 0 saturated carbocycles. The molecule has 2 aromatic heterocycles. The molecule has 1 N–H and O–H groups in total. The van der Waals surface area contributed by atoms with E-state index < -0.39 is 0 Å². The van der Waals surface area contributed by atoms with Gasteiger partial charge in [-0.3, -0.25) is 0 Å². The van der Waals surface area contributed by atoms with Crippen molar-refractivity contribution >= 4 is 10.9 Å². The van der Waals surface area contributed by atoms with Crippen molar-refractivity contribution in [2.75, 3.05) is 0 Å². The fourth-order valence-corrected chi connectivity index (χ4v) is 2.57. The van der Waals surface area contributed by atoms with E-state index in [2.05, 4.69) is 27.1 Å². The first-order chi connectivity index (χ1) is 10.5. The molecule has 0 amide bonds. The van der Waals surface area contributed by atoms with Crippen LogP contribution in [0.5, 0.6) is 11.6 Å². The van der Waals surface area contributed by atoms with Crippen molar-refractivity contribution in [2.24, 2.45) is 0 Å². The van der Waals surface area contributed by atoms with Crippen LogP contribution in [0.15, 0.2) is 18.5 Å². The smallest absolute Gasteiger partial charge is 0.240 e. The van der Waals surface area contributed by atoms with Crippen LogP contribution in [0.25, 0.3) is 10.9 Å². The molecule has 3 aromatic rings. The monoisotopic (exact) mass is 292 g/mol. The van der Waals surface area contributed by atoms with Crippen LogP contribution in [0, 0.1) is 39.0 Å². The average Bonchev–Trinajstić information content (AvgIpc) is 2.87. The largest absolute Gasteiger partial charge is 0.437 e. The number of aryl methyl sites for hydroxylation is 4. The van der Waals surface area contributed by atoms with Crippen LogP contribution in [-0.4, -0.2) is 15.0 Å². The number of nitrogens with one attached hydrogen (secondary N) is 1. The zero-order valence-corrected chi connectivity index (χ0v) is 13.0. The lowest BCUT2D eigenvalue weighted by molar-refractivity contribution is 0.456. The number of aromatic nitrogens is 3. The highest BCUT2D eigenvalue weighted by molar-refractivity contribution is 5.88. The number of benzene rings is 1. The molecular weight excluding hydrogens is 276 g/mol. The van der Waals surface area contributed by atoms with Crippen LogP contribution in [-0.2, 0) is 0 Å². The summed E-state index contributed by atoms with van der Waals surface area (Å²) in [5.74, 6) is 1.00. The summed E-state index contributed by atoms with van der Waals surface area (Å²) in [6, 6.07) is 6.17. The fraction of sp³-hybridized carbons (Fsp3) is 0.235. The first-order valence-electron chi connectivity index (χ1n) is 7.00. The van der Waals surface area contributed by atoms with Crippen LogP contribution in [0.3, 0.4) is 0 Å². The van der Waals surface area contributed by atoms with Gasteiger partial charge in [-0.25, -0.2) is 9.97 Å². The van der Waals surface area contributed by atoms with E-state index in [0.717, 1.165) is 27.7 Å². The van der Waals surface area contributed by atoms with Gasteiger partial charge in [-0.1, -0.05) is 0 Å². The second-order valence-corrected chi connectivity index (χ2v) is 5.41. The van der Waals surface area contributed by atoms with Gasteiger partial charge in [0, 0.05) is 22.2 Å². The molecular formula is C17H16N4O. The molecule has 5 nitrogen and oxygen atoms in total. The first kappa shape index (κ1) is 14.1. The third-order valence-electron chi connectivity index (χ3n) is 3.79. The van der Waals surface area contributed by atoms with E-state index in [1.54, 1.807) is 6.92 Å². The van der Waals surface area contributed by atoms with Crippen LogP contribution in [0.2, 0.25) is 0 Å². The Kier molecular flexibility index (Phi) is 3.30. The molecule has 5 heteroatoms. The summed E-state index contributed by atoms with van der Waals surface area (Å²) in [6.07, 6.45) is 1.41. The zero-order valence-electron chi connectivity index (χ0n) is 13.0. The van der Waals surface area contributed by atoms with Gasteiger partial charge in [0.05, 0.1) is 5.69 Å². The van der Waals surface area contributed by atoms with Crippen molar-refractivity contribution in [2.45, 2.75) is 27.7 Å². The predicted molar refractivity (Wildman–Crippen MR) is 84.1 cm³/mol. The van der Waals surface area contributed by atoms with Gasteiger partial charge in [-0.2, -0.15) is 5.26 Å². The van der Waals surface area contributed by atoms with Crippen molar-refractivity contribution in [3.63, 3.8) is 0 Å². The van der Waals surface area contributed by atoms with E-state index >= 15 is 0 Å².